The molecule has 5 heteroatoms. The van der Waals surface area contributed by atoms with Crippen LogP contribution in [0.2, 0.25) is 0 Å². The van der Waals surface area contributed by atoms with Crippen molar-refractivity contribution in [2.75, 3.05) is 19.1 Å². The summed E-state index contributed by atoms with van der Waals surface area (Å²) in [5.74, 6) is -0.0150. The second-order valence-electron chi connectivity index (χ2n) is 3.99. The SMILES string of the molecule is CSCCC(=O)N(C)Cc1ccc(C(=O)O)cc1. The maximum Gasteiger partial charge on any atom is 0.335 e. The molecule has 0 aliphatic rings. The molecule has 0 aromatic heterocycles. The molecule has 0 unspecified atom stereocenters. The fourth-order valence-corrected chi connectivity index (χ4v) is 1.87. The standard InChI is InChI=1S/C13H17NO3S/c1-14(12(15)7-8-18-2)9-10-3-5-11(6-4-10)13(16)17/h3-6H,7-9H2,1-2H3,(H,16,17). The molecule has 98 valence electrons. The molecule has 0 radical (unpaired) electrons. The third kappa shape index (κ3) is 4.41. The van der Waals surface area contributed by atoms with Gasteiger partial charge in [0, 0.05) is 25.8 Å². The minimum Gasteiger partial charge on any atom is -0.478 e. The van der Waals surface area contributed by atoms with Crippen molar-refractivity contribution in [3.05, 3.63) is 35.4 Å². The van der Waals surface area contributed by atoms with Gasteiger partial charge in [-0.05, 0) is 24.0 Å². The van der Waals surface area contributed by atoms with Gasteiger partial charge >= 0.3 is 5.97 Å². The van der Waals surface area contributed by atoms with E-state index in [4.69, 9.17) is 5.11 Å². The Bertz CT molecular complexity index is 417. The molecule has 0 saturated carbocycles. The van der Waals surface area contributed by atoms with Crippen molar-refractivity contribution in [3.63, 3.8) is 0 Å². The van der Waals surface area contributed by atoms with Gasteiger partial charge in [0.2, 0.25) is 5.91 Å². The van der Waals surface area contributed by atoms with Crippen molar-refractivity contribution in [2.24, 2.45) is 0 Å². The number of carbonyl (C=O) groups is 2. The van der Waals surface area contributed by atoms with E-state index in [2.05, 4.69) is 0 Å². The number of aromatic carboxylic acids is 1. The molecule has 1 N–H and O–H groups in total. The van der Waals surface area contributed by atoms with E-state index in [-0.39, 0.29) is 11.5 Å². The lowest BCUT2D eigenvalue weighted by molar-refractivity contribution is -0.129. The zero-order valence-electron chi connectivity index (χ0n) is 10.5. The van der Waals surface area contributed by atoms with Crippen LogP contribution in [0.4, 0.5) is 0 Å². The Morgan fingerprint density at radius 2 is 1.89 bits per heavy atom. The number of carboxylic acid groups (broad SMARTS) is 1. The van der Waals surface area contributed by atoms with E-state index in [1.165, 1.54) is 0 Å². The van der Waals surface area contributed by atoms with Gasteiger partial charge in [-0.15, -0.1) is 0 Å². The van der Waals surface area contributed by atoms with Gasteiger partial charge in [-0.2, -0.15) is 11.8 Å². The molecule has 0 aliphatic carbocycles. The molecule has 18 heavy (non-hydrogen) atoms. The zero-order chi connectivity index (χ0) is 13.5. The Morgan fingerprint density at radius 3 is 2.39 bits per heavy atom. The normalized spacial score (nSPS) is 10.1. The van der Waals surface area contributed by atoms with Crippen molar-refractivity contribution in [2.45, 2.75) is 13.0 Å². The van der Waals surface area contributed by atoms with E-state index in [9.17, 15) is 9.59 Å². The highest BCUT2D eigenvalue weighted by Crippen LogP contribution is 2.08. The monoisotopic (exact) mass is 267 g/mol. The van der Waals surface area contributed by atoms with Crippen LogP contribution in [-0.4, -0.2) is 40.9 Å². The first-order valence-electron chi connectivity index (χ1n) is 5.59. The van der Waals surface area contributed by atoms with Crippen LogP contribution in [0.3, 0.4) is 0 Å². The minimum atomic E-state index is -0.939. The van der Waals surface area contributed by atoms with Gasteiger partial charge in [0.05, 0.1) is 5.56 Å². The van der Waals surface area contributed by atoms with Crippen molar-refractivity contribution in [1.29, 1.82) is 0 Å². The van der Waals surface area contributed by atoms with Gasteiger partial charge in [0.1, 0.15) is 0 Å². The molecule has 0 bridgehead atoms. The van der Waals surface area contributed by atoms with Crippen molar-refractivity contribution >= 4 is 23.6 Å². The number of amides is 1. The third-order valence-corrected chi connectivity index (χ3v) is 3.18. The second kappa shape index (κ2) is 7.06. The van der Waals surface area contributed by atoms with Gasteiger partial charge in [0.15, 0.2) is 0 Å². The summed E-state index contributed by atoms with van der Waals surface area (Å²) in [6.07, 6.45) is 2.50. The van der Waals surface area contributed by atoms with Crippen molar-refractivity contribution < 1.29 is 14.7 Å². The number of benzene rings is 1. The summed E-state index contributed by atoms with van der Waals surface area (Å²) in [6.45, 7) is 0.507. The van der Waals surface area contributed by atoms with E-state index in [0.29, 0.717) is 13.0 Å². The van der Waals surface area contributed by atoms with Gasteiger partial charge in [-0.25, -0.2) is 4.79 Å². The van der Waals surface area contributed by atoms with E-state index in [1.54, 1.807) is 48.0 Å². The lowest BCUT2D eigenvalue weighted by Gasteiger charge is -2.17. The minimum absolute atomic E-state index is 0.103. The van der Waals surface area contributed by atoms with E-state index < -0.39 is 5.97 Å². The molecular weight excluding hydrogens is 250 g/mol. The average Bonchev–Trinajstić information content (AvgIpc) is 2.36. The summed E-state index contributed by atoms with van der Waals surface area (Å²) >= 11 is 1.65. The fraction of sp³-hybridized carbons (Fsp3) is 0.385. The number of thioether (sulfide) groups is 1. The number of hydrogen-bond donors (Lipinski definition) is 1. The third-order valence-electron chi connectivity index (χ3n) is 2.57. The largest absolute Gasteiger partial charge is 0.478 e. The van der Waals surface area contributed by atoms with E-state index >= 15 is 0 Å². The lowest BCUT2D eigenvalue weighted by atomic mass is 10.1. The Morgan fingerprint density at radius 1 is 1.28 bits per heavy atom. The molecule has 0 aliphatic heterocycles. The van der Waals surface area contributed by atoms with Crippen LogP contribution in [0.5, 0.6) is 0 Å². The summed E-state index contributed by atoms with van der Waals surface area (Å²) in [5, 5.41) is 8.78. The van der Waals surface area contributed by atoms with Crippen LogP contribution in [0.15, 0.2) is 24.3 Å². The smallest absolute Gasteiger partial charge is 0.335 e. The Hall–Kier alpha value is -1.49. The Labute approximate surface area is 111 Å². The van der Waals surface area contributed by atoms with Crippen LogP contribution in [-0.2, 0) is 11.3 Å². The first-order chi connectivity index (χ1) is 8.54. The van der Waals surface area contributed by atoms with Gasteiger partial charge in [-0.1, -0.05) is 12.1 Å². The molecule has 0 fully saturated rings. The zero-order valence-corrected chi connectivity index (χ0v) is 11.4. The molecule has 1 amide bonds. The van der Waals surface area contributed by atoms with Crippen LogP contribution in [0.1, 0.15) is 22.3 Å². The molecule has 0 saturated heterocycles. The van der Waals surface area contributed by atoms with E-state index in [1.807, 2.05) is 6.26 Å². The highest BCUT2D eigenvalue weighted by Gasteiger charge is 2.09. The summed E-state index contributed by atoms with van der Waals surface area (Å²) < 4.78 is 0. The number of nitrogens with zero attached hydrogens (tertiary/aromatic N) is 1. The van der Waals surface area contributed by atoms with Crippen LogP contribution >= 0.6 is 11.8 Å². The molecule has 0 atom stereocenters. The topological polar surface area (TPSA) is 57.6 Å². The molecule has 4 nitrogen and oxygen atoms in total. The highest BCUT2D eigenvalue weighted by atomic mass is 32.2. The average molecular weight is 267 g/mol. The van der Waals surface area contributed by atoms with Gasteiger partial charge in [-0.3, -0.25) is 4.79 Å². The fourth-order valence-electron chi connectivity index (χ4n) is 1.50. The predicted molar refractivity (Wildman–Crippen MR) is 72.9 cm³/mol. The maximum atomic E-state index is 11.7. The van der Waals surface area contributed by atoms with E-state index in [0.717, 1.165) is 11.3 Å². The highest BCUT2D eigenvalue weighted by molar-refractivity contribution is 7.98. The quantitative estimate of drug-likeness (QED) is 0.857. The molecule has 0 heterocycles. The first kappa shape index (κ1) is 14.6. The molecular formula is C13H17NO3S. The summed E-state index contributed by atoms with van der Waals surface area (Å²) in [5.41, 5.74) is 1.19. The van der Waals surface area contributed by atoms with Gasteiger partial charge < -0.3 is 10.0 Å². The van der Waals surface area contributed by atoms with Crippen molar-refractivity contribution in [3.8, 4) is 0 Å². The second-order valence-corrected chi connectivity index (χ2v) is 4.98. The Balaban J connectivity index is 2.56. The number of rotatable bonds is 6. The molecule has 1 aromatic carbocycles. The molecule has 0 spiro atoms. The number of carbonyl (C=O) groups excluding carboxylic acids is 1. The van der Waals surface area contributed by atoms with Crippen molar-refractivity contribution in [1.82, 2.24) is 4.90 Å². The summed E-state index contributed by atoms with van der Waals surface area (Å²) in [6, 6.07) is 6.58. The lowest BCUT2D eigenvalue weighted by Crippen LogP contribution is -2.26. The predicted octanol–water partition coefficient (Wildman–Crippen LogP) is 2.10. The van der Waals surface area contributed by atoms with Crippen LogP contribution in [0, 0.1) is 0 Å². The Kier molecular flexibility index (Phi) is 5.71. The van der Waals surface area contributed by atoms with Gasteiger partial charge in [0.25, 0.3) is 0 Å². The summed E-state index contributed by atoms with van der Waals surface area (Å²) in [7, 11) is 1.76. The van der Waals surface area contributed by atoms with Crippen LogP contribution in [0.25, 0.3) is 0 Å². The molecule has 1 rings (SSSR count). The first-order valence-corrected chi connectivity index (χ1v) is 6.99. The number of hydrogen-bond acceptors (Lipinski definition) is 3. The van der Waals surface area contributed by atoms with Crippen LogP contribution < -0.4 is 0 Å². The molecule has 1 aromatic rings. The number of carboxylic acids is 1. The maximum absolute atomic E-state index is 11.7. The summed E-state index contributed by atoms with van der Waals surface area (Å²) in [4.78, 5) is 24.1.